The number of carbonyl (C=O) groups excluding carboxylic acids is 1. The summed E-state index contributed by atoms with van der Waals surface area (Å²) in [7, 11) is 0. The topological polar surface area (TPSA) is 97.1 Å². The number of aromatic amines is 1. The van der Waals surface area contributed by atoms with Crippen molar-refractivity contribution in [3.05, 3.63) is 47.5 Å². The van der Waals surface area contributed by atoms with Crippen LogP contribution in [-0.2, 0) is 14.9 Å². The number of hydrogen-bond acceptors (Lipinski definition) is 5. The second-order valence-electron chi connectivity index (χ2n) is 7.36. The normalized spacial score (nSPS) is 20.4. The van der Waals surface area contributed by atoms with Gasteiger partial charge in [0, 0.05) is 18.5 Å². The first-order valence-electron chi connectivity index (χ1n) is 8.49. The molecule has 2 heterocycles. The fraction of sp³-hybridized carbons (Fsp3) is 0.500. The summed E-state index contributed by atoms with van der Waals surface area (Å²) in [6.45, 7) is 7.86. The zero-order valence-corrected chi connectivity index (χ0v) is 14.9. The maximum atomic E-state index is 12.1. The van der Waals surface area contributed by atoms with Crippen molar-refractivity contribution in [1.29, 1.82) is 0 Å². The molecule has 134 valence electrons. The number of nitrogens with zero attached hydrogens (tertiary/aromatic N) is 3. The first kappa shape index (κ1) is 17.6. The van der Waals surface area contributed by atoms with Crippen LogP contribution >= 0.6 is 0 Å². The summed E-state index contributed by atoms with van der Waals surface area (Å²) in [4.78, 5) is 18.7. The highest BCUT2D eigenvalue weighted by Gasteiger charge is 2.33. The van der Waals surface area contributed by atoms with E-state index in [0.717, 1.165) is 11.4 Å². The van der Waals surface area contributed by atoms with Crippen LogP contribution in [0.1, 0.15) is 50.1 Å². The molecule has 0 unspecified atom stereocenters. The predicted octanol–water partition coefficient (Wildman–Crippen LogP) is 1.70. The molecular weight excluding hydrogens is 318 g/mol. The van der Waals surface area contributed by atoms with Crippen LogP contribution in [0.3, 0.4) is 0 Å². The Bertz CT molecular complexity index is 723. The molecule has 2 aromatic rings. The number of nitrogens with one attached hydrogen (secondary N) is 1. The van der Waals surface area contributed by atoms with Gasteiger partial charge in [-0.2, -0.15) is 5.10 Å². The summed E-state index contributed by atoms with van der Waals surface area (Å²) < 4.78 is 5.86. The van der Waals surface area contributed by atoms with Crippen molar-refractivity contribution < 1.29 is 9.53 Å². The molecule has 1 amide bonds. The van der Waals surface area contributed by atoms with Gasteiger partial charge in [0.1, 0.15) is 12.1 Å². The first-order valence-corrected chi connectivity index (χ1v) is 8.49. The highest BCUT2D eigenvalue weighted by molar-refractivity contribution is 5.81. The number of aromatic nitrogens is 3. The van der Waals surface area contributed by atoms with Gasteiger partial charge in [0.15, 0.2) is 11.6 Å². The summed E-state index contributed by atoms with van der Waals surface area (Å²) >= 11 is 0. The van der Waals surface area contributed by atoms with E-state index in [0.29, 0.717) is 25.5 Å². The number of rotatable bonds is 4. The lowest BCUT2D eigenvalue weighted by Gasteiger charge is -2.36. The van der Waals surface area contributed by atoms with Gasteiger partial charge in [-0.05, 0) is 5.56 Å². The minimum Gasteiger partial charge on any atom is -0.368 e. The molecule has 0 spiro atoms. The number of benzene rings is 1. The largest absolute Gasteiger partial charge is 0.368 e. The van der Waals surface area contributed by atoms with E-state index in [1.807, 2.05) is 35.2 Å². The Kier molecular flexibility index (Phi) is 4.87. The molecular formula is C18H25N5O2. The number of morpholine rings is 1. The van der Waals surface area contributed by atoms with Gasteiger partial charge in [-0.25, -0.2) is 4.98 Å². The van der Waals surface area contributed by atoms with Crippen molar-refractivity contribution >= 4 is 5.91 Å². The number of carbonyl (C=O) groups is 1. The monoisotopic (exact) mass is 343 g/mol. The number of primary amides is 1. The van der Waals surface area contributed by atoms with E-state index in [-0.39, 0.29) is 17.4 Å². The van der Waals surface area contributed by atoms with E-state index >= 15 is 0 Å². The standard InChI is InChI=1S/C18H25N5O2/c1-18(2,3)17-20-16(21-22-17)13-11-23(9-10-25-13)14(15(19)24)12-7-5-4-6-8-12/h4-8,13-14H,9-11H2,1-3H3,(H2,19,24)(H,20,21,22)/t13-,14+/m0/s1. The van der Waals surface area contributed by atoms with Gasteiger partial charge < -0.3 is 10.5 Å². The van der Waals surface area contributed by atoms with Crippen LogP contribution < -0.4 is 5.73 Å². The molecule has 0 saturated carbocycles. The molecule has 7 heteroatoms. The highest BCUT2D eigenvalue weighted by atomic mass is 16.5. The maximum Gasteiger partial charge on any atom is 0.239 e. The second kappa shape index (κ2) is 6.93. The van der Waals surface area contributed by atoms with E-state index in [1.165, 1.54) is 0 Å². The Morgan fingerprint density at radius 3 is 2.68 bits per heavy atom. The minimum atomic E-state index is -0.474. The molecule has 3 N–H and O–H groups in total. The van der Waals surface area contributed by atoms with Crippen molar-refractivity contribution in [2.45, 2.75) is 38.3 Å². The van der Waals surface area contributed by atoms with Gasteiger partial charge in [-0.15, -0.1) is 0 Å². The molecule has 0 aliphatic carbocycles. The van der Waals surface area contributed by atoms with E-state index in [9.17, 15) is 4.79 Å². The van der Waals surface area contributed by atoms with E-state index in [1.54, 1.807) is 0 Å². The van der Waals surface area contributed by atoms with Crippen molar-refractivity contribution in [3.63, 3.8) is 0 Å². The van der Waals surface area contributed by atoms with Crippen molar-refractivity contribution in [3.8, 4) is 0 Å². The molecule has 1 fully saturated rings. The third-order valence-electron chi connectivity index (χ3n) is 4.33. The van der Waals surface area contributed by atoms with Crippen molar-refractivity contribution in [2.75, 3.05) is 19.7 Å². The second-order valence-corrected chi connectivity index (χ2v) is 7.36. The van der Waals surface area contributed by atoms with Gasteiger partial charge in [-0.1, -0.05) is 51.1 Å². The molecule has 1 aliphatic rings. The smallest absolute Gasteiger partial charge is 0.239 e. The number of hydrogen-bond donors (Lipinski definition) is 2. The molecule has 3 rings (SSSR count). The van der Waals surface area contributed by atoms with Crippen LogP contribution in [-0.4, -0.2) is 45.7 Å². The van der Waals surface area contributed by atoms with Crippen LogP contribution in [0.2, 0.25) is 0 Å². The Hall–Kier alpha value is -2.25. The Balaban J connectivity index is 1.80. The number of ether oxygens (including phenoxy) is 1. The third-order valence-corrected chi connectivity index (χ3v) is 4.33. The van der Waals surface area contributed by atoms with Crippen LogP contribution in [0.15, 0.2) is 30.3 Å². The van der Waals surface area contributed by atoms with Crippen molar-refractivity contribution in [2.24, 2.45) is 5.73 Å². The summed E-state index contributed by atoms with van der Waals surface area (Å²) in [6.07, 6.45) is -0.261. The fourth-order valence-electron chi connectivity index (χ4n) is 3.01. The molecule has 25 heavy (non-hydrogen) atoms. The van der Waals surface area contributed by atoms with Crippen LogP contribution in [0.25, 0.3) is 0 Å². The predicted molar refractivity (Wildman–Crippen MR) is 93.7 cm³/mol. The molecule has 0 radical (unpaired) electrons. The molecule has 1 saturated heterocycles. The first-order chi connectivity index (χ1) is 11.9. The Labute approximate surface area is 147 Å². The van der Waals surface area contributed by atoms with Gasteiger partial charge >= 0.3 is 0 Å². The van der Waals surface area contributed by atoms with E-state index in [2.05, 4.69) is 36.0 Å². The average Bonchev–Trinajstić information content (AvgIpc) is 3.06. The number of amides is 1. The summed E-state index contributed by atoms with van der Waals surface area (Å²) in [6, 6.07) is 9.12. The Morgan fingerprint density at radius 2 is 2.08 bits per heavy atom. The third kappa shape index (κ3) is 3.88. The quantitative estimate of drug-likeness (QED) is 0.881. The van der Waals surface area contributed by atoms with Crippen LogP contribution in [0.4, 0.5) is 0 Å². The summed E-state index contributed by atoms with van der Waals surface area (Å²) in [5.41, 5.74) is 6.44. The fourth-order valence-corrected chi connectivity index (χ4v) is 3.01. The molecule has 1 aliphatic heterocycles. The zero-order chi connectivity index (χ0) is 18.0. The SMILES string of the molecule is CC(C)(C)c1n[nH]c([C@@H]2CN([C@@H](C(N)=O)c3ccccc3)CCO2)n1. The molecule has 1 aromatic heterocycles. The summed E-state index contributed by atoms with van der Waals surface area (Å²) in [5, 5.41) is 7.28. The highest BCUT2D eigenvalue weighted by Crippen LogP contribution is 2.28. The van der Waals surface area contributed by atoms with E-state index in [4.69, 9.17) is 10.5 Å². The zero-order valence-electron chi connectivity index (χ0n) is 14.9. The maximum absolute atomic E-state index is 12.1. The molecule has 1 aromatic carbocycles. The van der Waals surface area contributed by atoms with E-state index < -0.39 is 6.04 Å². The van der Waals surface area contributed by atoms with Crippen LogP contribution in [0, 0.1) is 0 Å². The lowest BCUT2D eigenvalue weighted by atomic mass is 9.96. The number of nitrogens with two attached hydrogens (primary N) is 1. The molecule has 7 nitrogen and oxygen atoms in total. The van der Waals surface area contributed by atoms with Gasteiger partial charge in [-0.3, -0.25) is 14.8 Å². The average molecular weight is 343 g/mol. The lowest BCUT2D eigenvalue weighted by Crippen LogP contribution is -2.45. The molecule has 2 atom stereocenters. The van der Waals surface area contributed by atoms with Crippen molar-refractivity contribution in [1.82, 2.24) is 20.1 Å². The summed E-state index contributed by atoms with van der Waals surface area (Å²) in [5.74, 6) is 1.07. The van der Waals surface area contributed by atoms with Gasteiger partial charge in [0.2, 0.25) is 5.91 Å². The minimum absolute atomic E-state index is 0.136. The van der Waals surface area contributed by atoms with Gasteiger partial charge in [0.05, 0.1) is 6.61 Å². The number of H-pyrrole nitrogens is 1. The van der Waals surface area contributed by atoms with Gasteiger partial charge in [0.25, 0.3) is 0 Å². The lowest BCUT2D eigenvalue weighted by molar-refractivity contribution is -0.127. The molecule has 0 bridgehead atoms. The van der Waals surface area contributed by atoms with Crippen LogP contribution in [0.5, 0.6) is 0 Å². The Morgan fingerprint density at radius 1 is 1.36 bits per heavy atom.